The van der Waals surface area contributed by atoms with Gasteiger partial charge in [0, 0.05) is 18.5 Å². The fraction of sp³-hybridized carbons (Fsp3) is 0.550. The number of hydrogen-bond donors (Lipinski definition) is 2. The lowest BCUT2D eigenvalue weighted by atomic mass is 10.0. The van der Waals surface area contributed by atoms with Crippen molar-refractivity contribution in [1.29, 1.82) is 0 Å². The van der Waals surface area contributed by atoms with Gasteiger partial charge in [-0.3, -0.25) is 9.59 Å². The molecule has 2 amide bonds. The van der Waals surface area contributed by atoms with Crippen LogP contribution in [0, 0.1) is 18.8 Å². The maximum absolute atomic E-state index is 12.2. The third-order valence-electron chi connectivity index (χ3n) is 3.93. The topological polar surface area (TPSA) is 84.5 Å². The van der Waals surface area contributed by atoms with E-state index in [0.717, 1.165) is 11.3 Å². The number of carbonyl (C=O) groups excluding carboxylic acids is 3. The number of carbonyl (C=O) groups is 3. The molecule has 0 radical (unpaired) electrons. The molecule has 0 aromatic heterocycles. The molecular formula is C20H30N2O4. The van der Waals surface area contributed by atoms with Crippen molar-refractivity contribution in [1.82, 2.24) is 5.32 Å². The number of hydrogen-bond acceptors (Lipinski definition) is 4. The van der Waals surface area contributed by atoms with Crippen molar-refractivity contribution in [3.05, 3.63) is 29.8 Å². The van der Waals surface area contributed by atoms with Gasteiger partial charge < -0.3 is 15.4 Å². The molecule has 6 heteroatoms. The number of aryl methyl sites for hydroxylation is 1. The Balaban J connectivity index is 2.48. The molecule has 0 aliphatic rings. The number of nitrogens with one attached hydrogen (secondary N) is 2. The lowest BCUT2D eigenvalue weighted by Gasteiger charge is -2.19. The molecule has 0 spiro atoms. The SMILES string of the molecule is COC(=O)C(CC(C)C)NC(=O)CC(C)CC(=O)Nc1ccc(C)cc1. The number of rotatable bonds is 9. The molecule has 1 aromatic carbocycles. The van der Waals surface area contributed by atoms with E-state index in [9.17, 15) is 14.4 Å². The number of ether oxygens (including phenoxy) is 1. The van der Waals surface area contributed by atoms with Gasteiger partial charge in [0.2, 0.25) is 11.8 Å². The predicted octanol–water partition coefficient (Wildman–Crippen LogP) is 3.05. The van der Waals surface area contributed by atoms with Gasteiger partial charge in [0.05, 0.1) is 7.11 Å². The summed E-state index contributed by atoms with van der Waals surface area (Å²) in [5, 5.41) is 5.54. The Hall–Kier alpha value is -2.37. The average molecular weight is 362 g/mol. The molecular weight excluding hydrogens is 332 g/mol. The van der Waals surface area contributed by atoms with Crippen LogP contribution in [-0.4, -0.2) is 30.9 Å². The molecule has 0 fully saturated rings. The molecule has 1 rings (SSSR count). The minimum Gasteiger partial charge on any atom is -0.467 e. The second-order valence-corrected chi connectivity index (χ2v) is 7.20. The maximum Gasteiger partial charge on any atom is 0.328 e. The first kappa shape index (κ1) is 21.7. The number of benzene rings is 1. The summed E-state index contributed by atoms with van der Waals surface area (Å²) in [5.74, 6) is -0.732. The Bertz CT molecular complexity index is 611. The van der Waals surface area contributed by atoms with Crippen molar-refractivity contribution < 1.29 is 19.1 Å². The molecule has 26 heavy (non-hydrogen) atoms. The van der Waals surface area contributed by atoms with Crippen LogP contribution in [0.5, 0.6) is 0 Å². The van der Waals surface area contributed by atoms with E-state index >= 15 is 0 Å². The third-order valence-corrected chi connectivity index (χ3v) is 3.93. The third kappa shape index (κ3) is 8.14. The zero-order valence-corrected chi connectivity index (χ0v) is 16.3. The van der Waals surface area contributed by atoms with Crippen LogP contribution in [-0.2, 0) is 19.1 Å². The van der Waals surface area contributed by atoms with Gasteiger partial charge in [-0.2, -0.15) is 0 Å². The van der Waals surface area contributed by atoms with Crippen molar-refractivity contribution in [3.63, 3.8) is 0 Å². The minimum absolute atomic E-state index is 0.138. The summed E-state index contributed by atoms with van der Waals surface area (Å²) in [7, 11) is 1.31. The molecule has 144 valence electrons. The van der Waals surface area contributed by atoms with E-state index in [4.69, 9.17) is 4.74 Å². The van der Waals surface area contributed by atoms with Crippen molar-refractivity contribution in [2.45, 2.75) is 53.0 Å². The lowest BCUT2D eigenvalue weighted by molar-refractivity contribution is -0.145. The molecule has 2 N–H and O–H groups in total. The molecule has 0 bridgehead atoms. The summed E-state index contributed by atoms with van der Waals surface area (Å²) in [5.41, 5.74) is 1.86. The monoisotopic (exact) mass is 362 g/mol. The molecule has 6 nitrogen and oxygen atoms in total. The smallest absolute Gasteiger partial charge is 0.328 e. The second-order valence-electron chi connectivity index (χ2n) is 7.20. The number of anilines is 1. The van der Waals surface area contributed by atoms with Crippen molar-refractivity contribution >= 4 is 23.5 Å². The molecule has 0 saturated heterocycles. The summed E-state index contributed by atoms with van der Waals surface area (Å²) in [6, 6.07) is 6.89. The van der Waals surface area contributed by atoms with Crippen LogP contribution in [0.4, 0.5) is 5.69 Å². The van der Waals surface area contributed by atoms with Crippen LogP contribution >= 0.6 is 0 Å². The predicted molar refractivity (Wildman–Crippen MR) is 102 cm³/mol. The van der Waals surface area contributed by atoms with Crippen LogP contribution in [0.15, 0.2) is 24.3 Å². The zero-order valence-electron chi connectivity index (χ0n) is 16.3. The van der Waals surface area contributed by atoms with E-state index in [0.29, 0.717) is 6.42 Å². The standard InChI is InChI=1S/C20H30N2O4/c1-13(2)10-17(20(25)26-5)22-19(24)12-15(4)11-18(23)21-16-8-6-14(3)7-9-16/h6-9,13,15,17H,10-12H2,1-5H3,(H,21,23)(H,22,24). The zero-order chi connectivity index (χ0) is 19.7. The first-order valence-electron chi connectivity index (χ1n) is 8.95. The van der Waals surface area contributed by atoms with E-state index in [1.54, 1.807) is 0 Å². The van der Waals surface area contributed by atoms with E-state index in [1.165, 1.54) is 7.11 Å². The van der Waals surface area contributed by atoms with Crippen LogP contribution < -0.4 is 10.6 Å². The molecule has 2 unspecified atom stereocenters. The first-order valence-corrected chi connectivity index (χ1v) is 8.95. The van der Waals surface area contributed by atoms with Gasteiger partial charge in [0.1, 0.15) is 6.04 Å². The number of methoxy groups -OCH3 is 1. The minimum atomic E-state index is -0.652. The van der Waals surface area contributed by atoms with E-state index in [2.05, 4.69) is 10.6 Å². The van der Waals surface area contributed by atoms with Gasteiger partial charge in [-0.05, 0) is 37.3 Å². The fourth-order valence-electron chi connectivity index (χ4n) is 2.64. The molecule has 0 heterocycles. The van der Waals surface area contributed by atoms with Crippen LogP contribution in [0.2, 0.25) is 0 Å². The van der Waals surface area contributed by atoms with Crippen LogP contribution in [0.3, 0.4) is 0 Å². The summed E-state index contributed by atoms with van der Waals surface area (Å²) in [4.78, 5) is 36.1. The lowest BCUT2D eigenvalue weighted by Crippen LogP contribution is -2.42. The summed E-state index contributed by atoms with van der Waals surface area (Å²) in [6.45, 7) is 7.76. The van der Waals surface area contributed by atoms with Gasteiger partial charge in [-0.15, -0.1) is 0 Å². The van der Waals surface area contributed by atoms with Crippen molar-refractivity contribution in [2.24, 2.45) is 11.8 Å². The van der Waals surface area contributed by atoms with Gasteiger partial charge >= 0.3 is 5.97 Å². The normalized spacial score (nSPS) is 13.0. The Labute approximate surface area is 155 Å². The Morgan fingerprint density at radius 3 is 2.12 bits per heavy atom. The van der Waals surface area contributed by atoms with Gasteiger partial charge in [0.15, 0.2) is 0 Å². The highest BCUT2D eigenvalue weighted by Crippen LogP contribution is 2.13. The van der Waals surface area contributed by atoms with Gasteiger partial charge in [-0.25, -0.2) is 4.79 Å². The maximum atomic E-state index is 12.2. The second kappa shape index (κ2) is 10.6. The molecule has 0 aliphatic carbocycles. The van der Waals surface area contributed by atoms with E-state index in [1.807, 2.05) is 52.0 Å². The van der Waals surface area contributed by atoms with Crippen molar-refractivity contribution in [3.8, 4) is 0 Å². The van der Waals surface area contributed by atoms with Crippen molar-refractivity contribution in [2.75, 3.05) is 12.4 Å². The summed E-state index contributed by atoms with van der Waals surface area (Å²) < 4.78 is 4.74. The first-order chi connectivity index (χ1) is 12.2. The number of esters is 1. The Morgan fingerprint density at radius 1 is 1.00 bits per heavy atom. The number of amides is 2. The molecule has 1 aromatic rings. The van der Waals surface area contributed by atoms with Crippen LogP contribution in [0.25, 0.3) is 0 Å². The largest absolute Gasteiger partial charge is 0.467 e. The highest BCUT2D eigenvalue weighted by molar-refractivity contribution is 5.91. The molecule has 2 atom stereocenters. The quantitative estimate of drug-likeness (QED) is 0.661. The fourth-order valence-corrected chi connectivity index (χ4v) is 2.64. The molecule has 0 aliphatic heterocycles. The highest BCUT2D eigenvalue weighted by atomic mass is 16.5. The van der Waals surface area contributed by atoms with Gasteiger partial charge in [0.25, 0.3) is 0 Å². The summed E-state index contributed by atoms with van der Waals surface area (Å²) >= 11 is 0. The average Bonchev–Trinajstić information content (AvgIpc) is 2.54. The Kier molecular flexibility index (Phi) is 8.82. The van der Waals surface area contributed by atoms with Crippen LogP contribution in [0.1, 0.15) is 45.6 Å². The van der Waals surface area contributed by atoms with E-state index < -0.39 is 12.0 Å². The highest BCUT2D eigenvalue weighted by Gasteiger charge is 2.23. The Morgan fingerprint density at radius 2 is 1.58 bits per heavy atom. The summed E-state index contributed by atoms with van der Waals surface area (Å²) in [6.07, 6.45) is 0.919. The van der Waals surface area contributed by atoms with Gasteiger partial charge in [-0.1, -0.05) is 38.5 Å². The van der Waals surface area contributed by atoms with E-state index in [-0.39, 0.29) is 36.5 Å². The molecule has 0 saturated carbocycles.